The van der Waals surface area contributed by atoms with E-state index in [9.17, 15) is 9.90 Å². The van der Waals surface area contributed by atoms with Crippen LogP contribution in [0.25, 0.3) is 10.4 Å². The number of aliphatic hydroxyl groups excluding tert-OH is 1. The van der Waals surface area contributed by atoms with Gasteiger partial charge in [-0.1, -0.05) is 59.0 Å². The minimum absolute atomic E-state index is 0.0406. The van der Waals surface area contributed by atoms with Crippen LogP contribution in [0.5, 0.6) is 0 Å². The van der Waals surface area contributed by atoms with Gasteiger partial charge in [0.25, 0.3) is 0 Å². The lowest BCUT2D eigenvalue weighted by Gasteiger charge is -2.57. The van der Waals surface area contributed by atoms with Crippen LogP contribution in [0.3, 0.4) is 0 Å². The molecule has 0 aromatic carbocycles. The van der Waals surface area contributed by atoms with Crippen LogP contribution in [0.4, 0.5) is 0 Å². The largest absolute Gasteiger partial charge is 0.396 e. The molecule has 0 amide bonds. The Morgan fingerprint density at radius 1 is 1.09 bits per heavy atom. The molecule has 182 valence electrons. The number of hydrogen-bond donors (Lipinski definition) is 1. The van der Waals surface area contributed by atoms with Gasteiger partial charge in [-0.15, -0.1) is 0 Å². The number of carbonyl (C=O) groups is 1. The van der Waals surface area contributed by atoms with Gasteiger partial charge in [0.15, 0.2) is 0 Å². The summed E-state index contributed by atoms with van der Waals surface area (Å²) in [4.78, 5) is 15.3. The summed E-state index contributed by atoms with van der Waals surface area (Å²) < 4.78 is 0. The maximum absolute atomic E-state index is 12.2. The molecule has 0 aliphatic heterocycles. The van der Waals surface area contributed by atoms with E-state index < -0.39 is 0 Å². The molecule has 3 aliphatic carbocycles. The van der Waals surface area contributed by atoms with E-state index in [2.05, 4.69) is 44.6 Å². The molecule has 0 unspecified atom stereocenters. The molecule has 32 heavy (non-hydrogen) atoms. The number of nitrogens with zero attached hydrogens (tertiary/aromatic N) is 3. The van der Waals surface area contributed by atoms with Gasteiger partial charge in [0.05, 0.1) is 0 Å². The van der Waals surface area contributed by atoms with E-state index in [1.54, 1.807) is 0 Å². The zero-order valence-corrected chi connectivity index (χ0v) is 21.2. The van der Waals surface area contributed by atoms with Gasteiger partial charge < -0.3 is 5.11 Å². The van der Waals surface area contributed by atoms with Crippen molar-refractivity contribution in [3.63, 3.8) is 0 Å². The van der Waals surface area contributed by atoms with E-state index in [1.807, 2.05) is 0 Å². The first kappa shape index (κ1) is 25.6. The highest BCUT2D eigenvalue weighted by Gasteiger charge is 2.58. The van der Waals surface area contributed by atoms with Crippen molar-refractivity contribution in [3.05, 3.63) is 10.4 Å². The normalized spacial score (nSPS) is 40.7. The Balaban J connectivity index is 1.82. The van der Waals surface area contributed by atoms with Gasteiger partial charge in [0.1, 0.15) is 5.78 Å². The maximum atomic E-state index is 12.2. The molecule has 3 rings (SSSR count). The summed E-state index contributed by atoms with van der Waals surface area (Å²) in [6.07, 6.45) is 10.9. The summed E-state index contributed by atoms with van der Waals surface area (Å²) in [5, 5.41) is 14.3. The van der Waals surface area contributed by atoms with Crippen LogP contribution < -0.4 is 0 Å². The molecular formula is C27H47N3O2. The first-order valence-electron chi connectivity index (χ1n) is 13.3. The number of carbonyl (C=O) groups excluding carboxylic acids is 1. The maximum Gasteiger partial charge on any atom is 0.133 e. The lowest BCUT2D eigenvalue weighted by Crippen LogP contribution is -2.52. The number of aliphatic hydroxyl groups is 1. The van der Waals surface area contributed by atoms with E-state index in [0.717, 1.165) is 30.6 Å². The van der Waals surface area contributed by atoms with E-state index in [4.69, 9.17) is 5.53 Å². The second kappa shape index (κ2) is 10.5. The molecule has 0 spiro atoms. The number of fused-ring (bicyclic) bond motifs is 1. The van der Waals surface area contributed by atoms with Gasteiger partial charge >= 0.3 is 0 Å². The fourth-order valence-corrected chi connectivity index (χ4v) is 8.50. The number of hydrogen-bond acceptors (Lipinski definition) is 3. The van der Waals surface area contributed by atoms with Crippen LogP contribution in [0, 0.1) is 52.3 Å². The number of ketones is 1. The minimum atomic E-state index is -0.0411. The quantitative estimate of drug-likeness (QED) is 0.231. The molecule has 8 atom stereocenters. The number of rotatable bonds is 9. The van der Waals surface area contributed by atoms with Crippen LogP contribution in [0.15, 0.2) is 5.11 Å². The molecule has 0 bridgehead atoms. The standard InChI is InChI=1S/C27H47N3O2/c1-18(2)7-6-8-19(3)23-9-10-24-22(16-29-30-28)25(12-14-27(23,24)5)26(4)13-11-21(32)15-20(26)17-31/h18-20,22-25,31H,6-17H2,1-5H3/t19-,20-,22+,23-,24+,25+,26+,27-/m1/s1. The molecule has 3 saturated carbocycles. The fourth-order valence-electron chi connectivity index (χ4n) is 8.50. The van der Waals surface area contributed by atoms with Crippen molar-refractivity contribution in [1.29, 1.82) is 0 Å². The second-order valence-electron chi connectivity index (χ2n) is 12.4. The molecule has 1 N–H and O–H groups in total. The van der Waals surface area contributed by atoms with Crippen LogP contribution >= 0.6 is 0 Å². The number of Topliss-reactive ketones (excluding diaryl/α,β-unsaturated/α-hetero) is 1. The van der Waals surface area contributed by atoms with Crippen molar-refractivity contribution in [3.8, 4) is 0 Å². The van der Waals surface area contributed by atoms with Crippen molar-refractivity contribution in [1.82, 2.24) is 0 Å². The Labute approximate surface area is 195 Å². The molecule has 5 nitrogen and oxygen atoms in total. The summed E-state index contributed by atoms with van der Waals surface area (Å²) in [5.74, 6) is 3.98. The molecule has 0 saturated heterocycles. The molecular weight excluding hydrogens is 398 g/mol. The molecule has 0 aromatic rings. The lowest BCUT2D eigenvalue weighted by molar-refractivity contribution is -0.133. The third-order valence-corrected chi connectivity index (χ3v) is 10.4. The molecule has 0 aromatic heterocycles. The highest BCUT2D eigenvalue weighted by atomic mass is 16.3. The van der Waals surface area contributed by atoms with Gasteiger partial charge in [-0.25, -0.2) is 0 Å². The van der Waals surface area contributed by atoms with E-state index in [-0.39, 0.29) is 17.9 Å². The minimum Gasteiger partial charge on any atom is -0.396 e. The third kappa shape index (κ3) is 4.89. The smallest absolute Gasteiger partial charge is 0.133 e. The highest BCUT2D eigenvalue weighted by molar-refractivity contribution is 5.79. The summed E-state index contributed by atoms with van der Waals surface area (Å²) >= 11 is 0. The predicted molar refractivity (Wildman–Crippen MR) is 130 cm³/mol. The first-order chi connectivity index (χ1) is 15.2. The summed E-state index contributed by atoms with van der Waals surface area (Å²) in [6.45, 7) is 12.6. The Hall–Kier alpha value is -1.06. The van der Waals surface area contributed by atoms with Gasteiger partial charge in [-0.05, 0) is 89.9 Å². The Morgan fingerprint density at radius 2 is 1.81 bits per heavy atom. The monoisotopic (exact) mass is 445 g/mol. The van der Waals surface area contributed by atoms with E-state index in [1.165, 1.54) is 38.5 Å². The second-order valence-corrected chi connectivity index (χ2v) is 12.4. The summed E-state index contributed by atoms with van der Waals surface area (Å²) in [6, 6.07) is 0. The summed E-state index contributed by atoms with van der Waals surface area (Å²) in [7, 11) is 0. The van der Waals surface area contributed by atoms with Crippen molar-refractivity contribution in [2.24, 2.45) is 57.4 Å². The first-order valence-corrected chi connectivity index (χ1v) is 13.3. The SMILES string of the molecule is CC(C)CCC[C@@H](C)[C@H]1CC[C@H]2[C@H](CN=[N+]=[N-])[C@@H]([C@@]3(C)CCC(=O)C[C@@H]3CO)CC[C@]12C. The number of azide groups is 1. The summed E-state index contributed by atoms with van der Waals surface area (Å²) in [5.41, 5.74) is 9.43. The molecule has 0 radical (unpaired) electrons. The third-order valence-electron chi connectivity index (χ3n) is 10.4. The highest BCUT2D eigenvalue weighted by Crippen LogP contribution is 2.65. The molecule has 0 heterocycles. The molecule has 5 heteroatoms. The fraction of sp³-hybridized carbons (Fsp3) is 0.963. The van der Waals surface area contributed by atoms with Crippen molar-refractivity contribution in [2.75, 3.05) is 13.2 Å². The topological polar surface area (TPSA) is 86.1 Å². The van der Waals surface area contributed by atoms with Gasteiger partial charge in [-0.2, -0.15) is 0 Å². The molecule has 3 aliphatic rings. The van der Waals surface area contributed by atoms with Gasteiger partial charge in [0.2, 0.25) is 0 Å². The van der Waals surface area contributed by atoms with Crippen molar-refractivity contribution in [2.45, 2.75) is 98.8 Å². The van der Waals surface area contributed by atoms with Gasteiger partial charge in [-0.3, -0.25) is 4.79 Å². The van der Waals surface area contributed by atoms with E-state index in [0.29, 0.717) is 48.3 Å². The Kier molecular flexibility index (Phi) is 8.36. The van der Waals surface area contributed by atoms with Crippen molar-refractivity contribution < 1.29 is 9.90 Å². The lowest BCUT2D eigenvalue weighted by atomic mass is 9.48. The predicted octanol–water partition coefficient (Wildman–Crippen LogP) is 7.19. The van der Waals surface area contributed by atoms with Gasteiger partial charge in [0, 0.05) is 30.9 Å². The molecule has 3 fully saturated rings. The van der Waals surface area contributed by atoms with Crippen LogP contribution in [0.2, 0.25) is 0 Å². The van der Waals surface area contributed by atoms with Crippen LogP contribution in [-0.4, -0.2) is 24.0 Å². The van der Waals surface area contributed by atoms with Crippen LogP contribution in [-0.2, 0) is 4.79 Å². The van der Waals surface area contributed by atoms with Crippen LogP contribution in [0.1, 0.15) is 98.8 Å². The average Bonchev–Trinajstić information content (AvgIpc) is 3.10. The Bertz CT molecular complexity index is 703. The zero-order valence-electron chi connectivity index (χ0n) is 21.2. The van der Waals surface area contributed by atoms with E-state index >= 15 is 0 Å². The Morgan fingerprint density at radius 3 is 2.47 bits per heavy atom. The van der Waals surface area contributed by atoms with Crippen molar-refractivity contribution >= 4 is 5.78 Å². The zero-order chi connectivity index (χ0) is 23.5. The average molecular weight is 446 g/mol.